The number of ether oxygens (including phenoxy) is 1. The summed E-state index contributed by atoms with van der Waals surface area (Å²) >= 11 is 0. The monoisotopic (exact) mass is 319 g/mol. The third-order valence-electron chi connectivity index (χ3n) is 3.74. The van der Waals surface area contributed by atoms with Crippen molar-refractivity contribution >= 4 is 5.57 Å². The zero-order valence-electron chi connectivity index (χ0n) is 13.8. The van der Waals surface area contributed by atoms with Crippen molar-refractivity contribution in [1.29, 1.82) is 5.26 Å². The normalized spacial score (nSPS) is 10.8. The molecule has 2 rings (SSSR count). The van der Waals surface area contributed by atoms with Crippen molar-refractivity contribution in [2.75, 3.05) is 7.11 Å². The van der Waals surface area contributed by atoms with Gasteiger partial charge in [-0.1, -0.05) is 37.4 Å². The molecule has 2 aromatic carbocycles. The van der Waals surface area contributed by atoms with Gasteiger partial charge in [-0.15, -0.1) is 0 Å². The molecule has 0 N–H and O–H groups in total. The van der Waals surface area contributed by atoms with E-state index in [-0.39, 0.29) is 5.82 Å². The number of hydrogen-bond donors (Lipinski definition) is 0. The van der Waals surface area contributed by atoms with E-state index in [0.717, 1.165) is 11.1 Å². The fourth-order valence-electron chi connectivity index (χ4n) is 2.26. The second-order valence-corrected chi connectivity index (χ2v) is 5.36. The lowest BCUT2D eigenvalue weighted by molar-refractivity contribution is 0.303. The van der Waals surface area contributed by atoms with E-state index in [1.807, 2.05) is 25.1 Å². The molecule has 0 aliphatic heterocycles. The number of hydrogen-bond acceptors (Lipinski definition) is 2. The van der Waals surface area contributed by atoms with Crippen LogP contribution in [0.3, 0.4) is 0 Å². The quantitative estimate of drug-likeness (QED) is 0.540. The van der Waals surface area contributed by atoms with Gasteiger partial charge in [-0.3, -0.25) is 0 Å². The first-order valence-corrected chi connectivity index (χ1v) is 7.37. The zero-order valence-corrected chi connectivity index (χ0v) is 13.8. The largest absolute Gasteiger partial charge is 0.497 e. The molecule has 0 saturated carbocycles. The highest BCUT2D eigenvalue weighted by Gasteiger charge is 2.08. The fourth-order valence-corrected chi connectivity index (χ4v) is 2.26. The number of benzene rings is 2. The predicted molar refractivity (Wildman–Crippen MR) is 95.5 cm³/mol. The maximum absolute atomic E-state index is 14.5. The van der Waals surface area contributed by atoms with Gasteiger partial charge in [-0.25, -0.2) is 4.39 Å². The molecule has 3 heteroatoms. The average Bonchev–Trinajstić information content (AvgIpc) is 2.60. The molecule has 0 spiro atoms. The SMILES string of the molecule is C=C(OC)/C(C)=C\C(=C)c1ccc(-c2ccc(C#N)cc2)c(F)c1. The number of nitrogens with zero attached hydrogens (tertiary/aromatic N) is 1. The van der Waals surface area contributed by atoms with Crippen LogP contribution in [0.4, 0.5) is 4.39 Å². The Morgan fingerprint density at radius 2 is 1.83 bits per heavy atom. The molecule has 0 aromatic heterocycles. The fraction of sp³-hybridized carbons (Fsp3) is 0.0952. The van der Waals surface area contributed by atoms with E-state index < -0.39 is 0 Å². The van der Waals surface area contributed by atoms with Gasteiger partial charge in [0.25, 0.3) is 0 Å². The van der Waals surface area contributed by atoms with Crippen LogP contribution in [0, 0.1) is 17.1 Å². The smallest absolute Gasteiger partial charge is 0.131 e. The summed E-state index contributed by atoms with van der Waals surface area (Å²) in [6, 6.07) is 13.8. The Hall–Kier alpha value is -3.12. The van der Waals surface area contributed by atoms with Crippen molar-refractivity contribution in [1.82, 2.24) is 0 Å². The topological polar surface area (TPSA) is 33.0 Å². The summed E-state index contributed by atoms with van der Waals surface area (Å²) in [5.41, 5.74) is 3.95. The molecule has 0 aliphatic rings. The summed E-state index contributed by atoms with van der Waals surface area (Å²) in [4.78, 5) is 0. The lowest BCUT2D eigenvalue weighted by Gasteiger charge is -2.09. The van der Waals surface area contributed by atoms with Crippen LogP contribution in [0.25, 0.3) is 16.7 Å². The van der Waals surface area contributed by atoms with Gasteiger partial charge in [0.2, 0.25) is 0 Å². The molecule has 0 saturated heterocycles. The minimum absolute atomic E-state index is 0.338. The van der Waals surface area contributed by atoms with Crippen LogP contribution in [0.1, 0.15) is 18.1 Å². The molecule has 120 valence electrons. The minimum Gasteiger partial charge on any atom is -0.497 e. The molecular formula is C21H18FNO. The second-order valence-electron chi connectivity index (χ2n) is 5.36. The number of methoxy groups -OCH3 is 1. The molecule has 2 aromatic rings. The maximum atomic E-state index is 14.5. The molecule has 0 radical (unpaired) electrons. The van der Waals surface area contributed by atoms with Gasteiger partial charge < -0.3 is 4.74 Å². The summed E-state index contributed by atoms with van der Waals surface area (Å²) < 4.78 is 19.5. The molecule has 0 heterocycles. The van der Waals surface area contributed by atoms with Gasteiger partial charge in [0, 0.05) is 5.56 Å². The molecule has 0 unspecified atom stereocenters. The summed E-state index contributed by atoms with van der Waals surface area (Å²) in [5.74, 6) is 0.209. The highest BCUT2D eigenvalue weighted by molar-refractivity contribution is 5.76. The molecule has 2 nitrogen and oxygen atoms in total. The molecule has 0 atom stereocenters. The second kappa shape index (κ2) is 7.43. The van der Waals surface area contributed by atoms with Crippen LogP contribution in [-0.2, 0) is 4.74 Å². The molecule has 0 bridgehead atoms. The van der Waals surface area contributed by atoms with Crippen LogP contribution in [0.15, 0.2) is 73.0 Å². The Bertz CT molecular complexity index is 854. The number of nitriles is 1. The van der Waals surface area contributed by atoms with Crippen molar-refractivity contribution in [3.63, 3.8) is 0 Å². The Labute approximate surface area is 141 Å². The van der Waals surface area contributed by atoms with Gasteiger partial charge in [0.15, 0.2) is 0 Å². The van der Waals surface area contributed by atoms with E-state index in [9.17, 15) is 4.39 Å². The summed E-state index contributed by atoms with van der Waals surface area (Å²) in [6.45, 7) is 9.61. The first-order chi connectivity index (χ1) is 11.5. The number of allylic oxidation sites excluding steroid dienone is 3. The molecular weight excluding hydrogens is 301 g/mol. The lowest BCUT2D eigenvalue weighted by Crippen LogP contribution is -1.90. The maximum Gasteiger partial charge on any atom is 0.131 e. The van der Waals surface area contributed by atoms with Crippen molar-refractivity contribution in [2.45, 2.75) is 6.92 Å². The van der Waals surface area contributed by atoms with Crippen molar-refractivity contribution in [3.05, 3.63) is 90.0 Å². The molecule has 0 amide bonds. The first-order valence-electron chi connectivity index (χ1n) is 7.37. The Morgan fingerprint density at radius 1 is 1.17 bits per heavy atom. The van der Waals surface area contributed by atoms with E-state index in [1.54, 1.807) is 37.4 Å². The Morgan fingerprint density at radius 3 is 2.38 bits per heavy atom. The number of halogens is 1. The third kappa shape index (κ3) is 3.80. The summed E-state index contributed by atoms with van der Waals surface area (Å²) in [5, 5.41) is 8.83. The van der Waals surface area contributed by atoms with Crippen molar-refractivity contribution in [3.8, 4) is 17.2 Å². The van der Waals surface area contributed by atoms with Crippen LogP contribution < -0.4 is 0 Å². The predicted octanol–water partition coefficient (Wildman–Crippen LogP) is 5.48. The van der Waals surface area contributed by atoms with Gasteiger partial charge in [-0.2, -0.15) is 5.26 Å². The average molecular weight is 319 g/mol. The number of rotatable bonds is 5. The Balaban J connectivity index is 2.31. The Kier molecular flexibility index (Phi) is 5.34. The summed E-state index contributed by atoms with van der Waals surface area (Å²) in [6.07, 6.45) is 1.81. The molecule has 0 fully saturated rings. The van der Waals surface area contributed by atoms with Crippen LogP contribution in [0.5, 0.6) is 0 Å². The van der Waals surface area contributed by atoms with E-state index in [4.69, 9.17) is 10.00 Å². The van der Waals surface area contributed by atoms with Gasteiger partial charge >= 0.3 is 0 Å². The van der Waals surface area contributed by atoms with Crippen molar-refractivity contribution < 1.29 is 9.13 Å². The van der Waals surface area contributed by atoms with E-state index >= 15 is 0 Å². The molecule has 24 heavy (non-hydrogen) atoms. The highest BCUT2D eigenvalue weighted by Crippen LogP contribution is 2.27. The van der Waals surface area contributed by atoms with Gasteiger partial charge in [-0.05, 0) is 53.5 Å². The van der Waals surface area contributed by atoms with Crippen LogP contribution >= 0.6 is 0 Å². The van der Waals surface area contributed by atoms with Crippen LogP contribution in [0.2, 0.25) is 0 Å². The van der Waals surface area contributed by atoms with Gasteiger partial charge in [0.05, 0.1) is 18.7 Å². The van der Waals surface area contributed by atoms with E-state index in [0.29, 0.717) is 28.0 Å². The zero-order chi connectivity index (χ0) is 17.7. The van der Waals surface area contributed by atoms with Gasteiger partial charge in [0.1, 0.15) is 11.6 Å². The van der Waals surface area contributed by atoms with E-state index in [2.05, 4.69) is 13.2 Å². The minimum atomic E-state index is -0.338. The molecule has 0 aliphatic carbocycles. The van der Waals surface area contributed by atoms with Crippen LogP contribution in [-0.4, -0.2) is 7.11 Å². The highest BCUT2D eigenvalue weighted by atomic mass is 19.1. The standard InChI is InChI=1S/C21H18FNO/c1-14(16(3)24-4)11-15(2)19-9-10-20(21(22)12-19)18-7-5-17(13-23)6-8-18/h5-12H,2-3H2,1,4H3/b14-11-. The first kappa shape index (κ1) is 17.2. The third-order valence-corrected chi connectivity index (χ3v) is 3.74. The lowest BCUT2D eigenvalue weighted by atomic mass is 9.98. The summed E-state index contributed by atoms with van der Waals surface area (Å²) in [7, 11) is 1.55. The van der Waals surface area contributed by atoms with E-state index in [1.165, 1.54) is 6.07 Å². The van der Waals surface area contributed by atoms with Crippen molar-refractivity contribution in [2.24, 2.45) is 0 Å².